The molecule has 2 unspecified atom stereocenters. The van der Waals surface area contributed by atoms with E-state index in [-0.39, 0.29) is 18.4 Å². The van der Waals surface area contributed by atoms with Gasteiger partial charge in [-0.1, -0.05) is 36.4 Å². The second kappa shape index (κ2) is 6.71. The fourth-order valence-electron chi connectivity index (χ4n) is 2.87. The fraction of sp³-hybridized carbons (Fsp3) is 0.333. The summed E-state index contributed by atoms with van der Waals surface area (Å²) in [6.45, 7) is 0.853. The number of hydrogen-bond donors (Lipinski definition) is 1. The second-order valence-electron chi connectivity index (χ2n) is 5.70. The fourth-order valence-corrected chi connectivity index (χ4v) is 2.87. The number of carbonyl (C=O) groups excluding carboxylic acids is 1. The predicted octanol–water partition coefficient (Wildman–Crippen LogP) is 2.21. The van der Waals surface area contributed by atoms with E-state index >= 15 is 0 Å². The monoisotopic (exact) mass is 296 g/mol. The van der Waals surface area contributed by atoms with Gasteiger partial charge in [-0.05, 0) is 29.5 Å². The Hall–Kier alpha value is -2.20. The van der Waals surface area contributed by atoms with Gasteiger partial charge in [-0.25, -0.2) is 0 Å². The molecule has 4 heteroatoms. The molecule has 114 valence electrons. The van der Waals surface area contributed by atoms with Crippen molar-refractivity contribution in [3.8, 4) is 0 Å². The normalized spacial score (nSPS) is 19.7. The van der Waals surface area contributed by atoms with Crippen LogP contribution in [0.3, 0.4) is 0 Å². The van der Waals surface area contributed by atoms with Crippen LogP contribution in [0.15, 0.2) is 54.9 Å². The number of nitrogens with zero attached hydrogens (tertiary/aromatic N) is 2. The Kier molecular flexibility index (Phi) is 4.49. The van der Waals surface area contributed by atoms with Crippen molar-refractivity contribution in [2.75, 3.05) is 13.2 Å². The molecule has 1 aliphatic rings. The number of amides is 1. The summed E-state index contributed by atoms with van der Waals surface area (Å²) < 4.78 is 0. The number of hydrogen-bond acceptors (Lipinski definition) is 3. The van der Waals surface area contributed by atoms with Crippen LogP contribution in [-0.2, 0) is 11.3 Å². The van der Waals surface area contributed by atoms with Crippen molar-refractivity contribution in [3.05, 3.63) is 66.0 Å². The summed E-state index contributed by atoms with van der Waals surface area (Å²) in [5.41, 5.74) is 2.22. The van der Waals surface area contributed by atoms with Gasteiger partial charge in [0, 0.05) is 31.4 Å². The summed E-state index contributed by atoms with van der Waals surface area (Å²) in [7, 11) is 0. The van der Waals surface area contributed by atoms with Gasteiger partial charge in [0.05, 0.1) is 6.61 Å². The molecule has 1 saturated carbocycles. The van der Waals surface area contributed by atoms with Gasteiger partial charge < -0.3 is 10.0 Å². The molecule has 0 radical (unpaired) electrons. The van der Waals surface area contributed by atoms with Crippen LogP contribution in [0.4, 0.5) is 0 Å². The molecule has 2 atom stereocenters. The van der Waals surface area contributed by atoms with Crippen LogP contribution in [0, 0.1) is 5.92 Å². The van der Waals surface area contributed by atoms with Crippen molar-refractivity contribution < 1.29 is 9.90 Å². The van der Waals surface area contributed by atoms with E-state index in [0.29, 0.717) is 19.0 Å². The molecule has 2 aromatic rings. The van der Waals surface area contributed by atoms with E-state index in [2.05, 4.69) is 17.1 Å². The Labute approximate surface area is 130 Å². The lowest BCUT2D eigenvalue weighted by molar-refractivity contribution is -0.133. The highest BCUT2D eigenvalue weighted by Gasteiger charge is 2.45. The third-order valence-electron chi connectivity index (χ3n) is 4.11. The highest BCUT2D eigenvalue weighted by atomic mass is 16.3. The molecule has 1 fully saturated rings. The zero-order chi connectivity index (χ0) is 15.4. The predicted molar refractivity (Wildman–Crippen MR) is 84.0 cm³/mol. The van der Waals surface area contributed by atoms with E-state index in [1.165, 1.54) is 5.56 Å². The molecule has 1 amide bonds. The van der Waals surface area contributed by atoms with Crippen molar-refractivity contribution in [2.45, 2.75) is 18.9 Å². The van der Waals surface area contributed by atoms with Gasteiger partial charge in [0.25, 0.3) is 0 Å². The first-order valence-electron chi connectivity index (χ1n) is 7.63. The highest BCUT2D eigenvalue weighted by molar-refractivity contribution is 5.83. The number of aliphatic hydroxyl groups is 1. The molecule has 1 aliphatic carbocycles. The smallest absolute Gasteiger partial charge is 0.226 e. The Morgan fingerprint density at radius 1 is 1.23 bits per heavy atom. The van der Waals surface area contributed by atoms with Crippen LogP contribution in [0.5, 0.6) is 0 Å². The third kappa shape index (κ3) is 3.34. The maximum atomic E-state index is 12.7. The van der Waals surface area contributed by atoms with E-state index < -0.39 is 0 Å². The van der Waals surface area contributed by atoms with Crippen molar-refractivity contribution in [1.29, 1.82) is 0 Å². The second-order valence-corrected chi connectivity index (χ2v) is 5.70. The minimum Gasteiger partial charge on any atom is -0.395 e. The van der Waals surface area contributed by atoms with Crippen LogP contribution in [0.2, 0.25) is 0 Å². The average Bonchev–Trinajstić information content (AvgIpc) is 3.36. The Bertz CT molecular complexity index is 615. The van der Waals surface area contributed by atoms with Gasteiger partial charge in [-0.3, -0.25) is 9.78 Å². The molecule has 1 heterocycles. The Balaban J connectivity index is 1.66. The molecular formula is C18H20N2O2. The summed E-state index contributed by atoms with van der Waals surface area (Å²) in [5.74, 6) is 0.501. The molecule has 4 nitrogen and oxygen atoms in total. The lowest BCUT2D eigenvalue weighted by Gasteiger charge is -2.22. The number of carbonyl (C=O) groups is 1. The molecule has 0 aliphatic heterocycles. The zero-order valence-corrected chi connectivity index (χ0v) is 12.4. The Morgan fingerprint density at radius 2 is 2.05 bits per heavy atom. The van der Waals surface area contributed by atoms with Crippen molar-refractivity contribution in [2.24, 2.45) is 5.92 Å². The molecule has 0 spiro atoms. The van der Waals surface area contributed by atoms with Crippen molar-refractivity contribution in [3.63, 3.8) is 0 Å². The van der Waals surface area contributed by atoms with Gasteiger partial charge in [-0.2, -0.15) is 0 Å². The number of rotatable bonds is 6. The lowest BCUT2D eigenvalue weighted by Crippen LogP contribution is -2.34. The van der Waals surface area contributed by atoms with Crippen LogP contribution < -0.4 is 0 Å². The van der Waals surface area contributed by atoms with E-state index in [1.807, 2.05) is 30.3 Å². The summed E-state index contributed by atoms with van der Waals surface area (Å²) in [5, 5.41) is 9.24. The maximum absolute atomic E-state index is 12.7. The Morgan fingerprint density at radius 3 is 2.73 bits per heavy atom. The van der Waals surface area contributed by atoms with E-state index in [0.717, 1.165) is 12.0 Å². The molecule has 1 N–H and O–H groups in total. The van der Waals surface area contributed by atoms with Crippen LogP contribution >= 0.6 is 0 Å². The van der Waals surface area contributed by atoms with Crippen LogP contribution in [-0.4, -0.2) is 34.0 Å². The third-order valence-corrected chi connectivity index (χ3v) is 4.11. The first-order valence-corrected chi connectivity index (χ1v) is 7.63. The quantitative estimate of drug-likeness (QED) is 0.889. The van der Waals surface area contributed by atoms with Crippen LogP contribution in [0.25, 0.3) is 0 Å². The van der Waals surface area contributed by atoms with Gasteiger partial charge in [-0.15, -0.1) is 0 Å². The van der Waals surface area contributed by atoms with Crippen LogP contribution in [0.1, 0.15) is 23.5 Å². The molecule has 0 saturated heterocycles. The maximum Gasteiger partial charge on any atom is 0.226 e. The first-order chi connectivity index (χ1) is 10.8. The molecular weight excluding hydrogens is 276 g/mol. The SMILES string of the molecule is O=C(C1CC1c1ccccc1)N(CCO)Cc1cccnc1. The molecule has 1 aromatic heterocycles. The lowest BCUT2D eigenvalue weighted by atomic mass is 10.1. The van der Waals surface area contributed by atoms with E-state index in [9.17, 15) is 9.90 Å². The molecule has 3 rings (SSSR count). The van der Waals surface area contributed by atoms with E-state index in [4.69, 9.17) is 0 Å². The molecule has 22 heavy (non-hydrogen) atoms. The van der Waals surface area contributed by atoms with Crippen molar-refractivity contribution >= 4 is 5.91 Å². The summed E-state index contributed by atoms with van der Waals surface area (Å²) in [6.07, 6.45) is 4.38. The number of aromatic nitrogens is 1. The van der Waals surface area contributed by atoms with Crippen molar-refractivity contribution in [1.82, 2.24) is 9.88 Å². The topological polar surface area (TPSA) is 53.4 Å². The zero-order valence-electron chi connectivity index (χ0n) is 12.4. The summed E-state index contributed by atoms with van der Waals surface area (Å²) >= 11 is 0. The van der Waals surface area contributed by atoms with Gasteiger partial charge in [0.2, 0.25) is 5.91 Å². The minimum absolute atomic E-state index is 0.0191. The number of benzene rings is 1. The van der Waals surface area contributed by atoms with E-state index in [1.54, 1.807) is 17.3 Å². The standard InChI is InChI=1S/C18H20N2O2/c21-10-9-20(13-14-5-4-8-19-12-14)18(22)17-11-16(17)15-6-2-1-3-7-15/h1-8,12,16-17,21H,9-11,13H2. The number of pyridine rings is 1. The van der Waals surface area contributed by atoms with Gasteiger partial charge >= 0.3 is 0 Å². The molecule has 1 aromatic carbocycles. The largest absolute Gasteiger partial charge is 0.395 e. The molecule has 0 bridgehead atoms. The first kappa shape index (κ1) is 14.7. The van der Waals surface area contributed by atoms with Gasteiger partial charge in [0.1, 0.15) is 0 Å². The minimum atomic E-state index is -0.0191. The summed E-state index contributed by atoms with van der Waals surface area (Å²) in [4.78, 5) is 18.5. The average molecular weight is 296 g/mol. The highest BCUT2D eigenvalue weighted by Crippen LogP contribution is 2.48. The van der Waals surface area contributed by atoms with Gasteiger partial charge in [0.15, 0.2) is 0 Å². The number of aliphatic hydroxyl groups excluding tert-OH is 1. The summed E-state index contributed by atoms with van der Waals surface area (Å²) in [6, 6.07) is 14.0.